The molecule has 6 heteroatoms. The van der Waals surface area contributed by atoms with Gasteiger partial charge in [0.2, 0.25) is 0 Å². The molecule has 2 N–H and O–H groups in total. The number of thiophene rings is 1. The first-order valence-corrected chi connectivity index (χ1v) is 8.21. The van der Waals surface area contributed by atoms with Crippen molar-refractivity contribution in [1.29, 1.82) is 0 Å². The van der Waals surface area contributed by atoms with E-state index in [0.717, 1.165) is 25.7 Å². The molecule has 0 saturated carbocycles. The van der Waals surface area contributed by atoms with Crippen LogP contribution in [-0.4, -0.2) is 45.7 Å². The summed E-state index contributed by atoms with van der Waals surface area (Å²) in [7, 11) is 0. The minimum Gasteiger partial charge on any atom is -0.480 e. The highest BCUT2D eigenvalue weighted by Gasteiger charge is 2.39. The number of amides is 1. The molecule has 3 rings (SSSR count). The maximum atomic E-state index is 12.6. The van der Waals surface area contributed by atoms with E-state index in [0.29, 0.717) is 4.88 Å². The SMILES string of the molecule is O=C(O)[C@@H]1C[C@H](O)CN1C(=O)c1cc2c(s1)CCCCC2. The van der Waals surface area contributed by atoms with E-state index < -0.39 is 18.1 Å². The van der Waals surface area contributed by atoms with Crippen LogP contribution in [0.25, 0.3) is 0 Å². The molecule has 1 aromatic heterocycles. The van der Waals surface area contributed by atoms with Crippen LogP contribution in [0.4, 0.5) is 0 Å². The monoisotopic (exact) mass is 309 g/mol. The maximum Gasteiger partial charge on any atom is 0.326 e. The summed E-state index contributed by atoms with van der Waals surface area (Å²) < 4.78 is 0. The number of β-amino-alcohol motifs (C(OH)–C–C–N with tert-alkyl or cyclic N) is 1. The van der Waals surface area contributed by atoms with Gasteiger partial charge in [-0.25, -0.2) is 4.79 Å². The maximum absolute atomic E-state index is 12.6. The van der Waals surface area contributed by atoms with E-state index in [9.17, 15) is 19.8 Å². The number of rotatable bonds is 2. The fourth-order valence-corrected chi connectivity index (χ4v) is 4.40. The largest absolute Gasteiger partial charge is 0.480 e. The molecule has 2 atom stereocenters. The van der Waals surface area contributed by atoms with Crippen LogP contribution < -0.4 is 0 Å². The van der Waals surface area contributed by atoms with Gasteiger partial charge < -0.3 is 15.1 Å². The lowest BCUT2D eigenvalue weighted by atomic mass is 10.1. The number of nitrogens with zero attached hydrogens (tertiary/aromatic N) is 1. The summed E-state index contributed by atoms with van der Waals surface area (Å²) in [5.41, 5.74) is 1.24. The molecule has 0 unspecified atom stereocenters. The zero-order chi connectivity index (χ0) is 15.0. The first kappa shape index (κ1) is 14.5. The molecular formula is C15H19NO4S. The third-order valence-corrected chi connectivity index (χ3v) is 5.51. The molecule has 1 aliphatic carbocycles. The number of aliphatic carboxylic acids is 1. The number of carboxylic acid groups (broad SMARTS) is 1. The Bertz CT molecular complexity index is 545. The van der Waals surface area contributed by atoms with Crippen LogP contribution in [0.15, 0.2) is 6.07 Å². The second-order valence-electron chi connectivity index (χ2n) is 5.82. The number of hydrogen-bond donors (Lipinski definition) is 2. The number of aliphatic hydroxyl groups is 1. The predicted octanol–water partition coefficient (Wildman–Crippen LogP) is 1.68. The Balaban J connectivity index is 1.83. The quantitative estimate of drug-likeness (QED) is 0.815. The molecule has 0 radical (unpaired) electrons. The van der Waals surface area contributed by atoms with Gasteiger partial charge in [-0.2, -0.15) is 0 Å². The lowest BCUT2D eigenvalue weighted by molar-refractivity contribution is -0.141. The number of hydrogen-bond acceptors (Lipinski definition) is 4. The van der Waals surface area contributed by atoms with Gasteiger partial charge >= 0.3 is 5.97 Å². The van der Waals surface area contributed by atoms with Crippen LogP contribution in [0, 0.1) is 0 Å². The summed E-state index contributed by atoms with van der Waals surface area (Å²) in [6.45, 7) is 0.109. The van der Waals surface area contributed by atoms with E-state index in [1.54, 1.807) is 0 Å². The normalized spacial score (nSPS) is 25.5. The highest BCUT2D eigenvalue weighted by Crippen LogP contribution is 2.31. The first-order valence-electron chi connectivity index (χ1n) is 7.39. The molecule has 0 bridgehead atoms. The van der Waals surface area contributed by atoms with Crippen LogP contribution in [0.2, 0.25) is 0 Å². The van der Waals surface area contributed by atoms with Crippen molar-refractivity contribution in [2.24, 2.45) is 0 Å². The molecule has 0 aromatic carbocycles. The Morgan fingerprint density at radius 2 is 2.00 bits per heavy atom. The predicted molar refractivity (Wildman–Crippen MR) is 78.7 cm³/mol. The summed E-state index contributed by atoms with van der Waals surface area (Å²) in [4.78, 5) is 27.0. The van der Waals surface area contributed by atoms with Crippen molar-refractivity contribution in [1.82, 2.24) is 4.90 Å². The average molecular weight is 309 g/mol. The molecule has 5 nitrogen and oxygen atoms in total. The summed E-state index contributed by atoms with van der Waals surface area (Å²) in [6.07, 6.45) is 4.92. The highest BCUT2D eigenvalue weighted by molar-refractivity contribution is 7.14. The third-order valence-electron chi connectivity index (χ3n) is 4.28. The fourth-order valence-electron chi connectivity index (χ4n) is 3.19. The standard InChI is InChI=1S/C15H19NO4S/c17-10-7-11(15(19)20)16(8-10)14(18)13-6-9-4-2-1-3-5-12(9)21-13/h6,10-11,17H,1-5,7-8H2,(H,19,20)/t10-,11-/m0/s1. The molecule has 114 valence electrons. The van der Waals surface area contributed by atoms with Gasteiger partial charge in [-0.15, -0.1) is 11.3 Å². The van der Waals surface area contributed by atoms with E-state index in [1.807, 2.05) is 6.07 Å². The van der Waals surface area contributed by atoms with Gasteiger partial charge in [0.25, 0.3) is 5.91 Å². The summed E-state index contributed by atoms with van der Waals surface area (Å²) in [5.74, 6) is -1.30. The summed E-state index contributed by atoms with van der Waals surface area (Å²) >= 11 is 1.49. The lowest BCUT2D eigenvalue weighted by Crippen LogP contribution is -2.40. The topological polar surface area (TPSA) is 77.8 Å². The second-order valence-corrected chi connectivity index (χ2v) is 6.96. The first-order chi connectivity index (χ1) is 10.1. The minimum absolute atomic E-state index is 0.109. The molecule has 1 saturated heterocycles. The number of aryl methyl sites for hydroxylation is 2. The Kier molecular flexibility index (Phi) is 3.99. The molecular weight excluding hydrogens is 290 g/mol. The number of aliphatic hydroxyl groups excluding tert-OH is 1. The van der Waals surface area contributed by atoms with E-state index in [1.165, 1.54) is 33.1 Å². The van der Waals surface area contributed by atoms with Crippen molar-refractivity contribution in [3.05, 3.63) is 21.4 Å². The molecule has 1 fully saturated rings. The van der Waals surface area contributed by atoms with Gasteiger partial charge in [-0.05, 0) is 37.3 Å². The second kappa shape index (κ2) is 5.77. The lowest BCUT2D eigenvalue weighted by Gasteiger charge is -2.20. The fraction of sp³-hybridized carbons (Fsp3) is 0.600. The number of fused-ring (bicyclic) bond motifs is 1. The van der Waals surface area contributed by atoms with Gasteiger partial charge in [0.15, 0.2) is 0 Å². The number of likely N-dealkylation sites (tertiary alicyclic amines) is 1. The van der Waals surface area contributed by atoms with Gasteiger partial charge in [0.05, 0.1) is 11.0 Å². The highest BCUT2D eigenvalue weighted by atomic mass is 32.1. The van der Waals surface area contributed by atoms with E-state index in [2.05, 4.69) is 0 Å². The Labute approximate surface area is 127 Å². The van der Waals surface area contributed by atoms with Gasteiger partial charge in [-0.3, -0.25) is 4.79 Å². The van der Waals surface area contributed by atoms with Crippen molar-refractivity contribution >= 4 is 23.2 Å². The average Bonchev–Trinajstić information content (AvgIpc) is 2.96. The molecule has 1 amide bonds. The van der Waals surface area contributed by atoms with Crippen molar-refractivity contribution < 1.29 is 19.8 Å². The summed E-state index contributed by atoms with van der Waals surface area (Å²) in [5, 5.41) is 18.9. The van der Waals surface area contributed by atoms with Crippen LogP contribution in [0.3, 0.4) is 0 Å². The van der Waals surface area contributed by atoms with Gasteiger partial charge in [0.1, 0.15) is 6.04 Å². The Morgan fingerprint density at radius 1 is 1.24 bits per heavy atom. The number of carbonyl (C=O) groups excluding carboxylic acids is 1. The molecule has 1 aromatic rings. The zero-order valence-corrected chi connectivity index (χ0v) is 12.6. The van der Waals surface area contributed by atoms with Crippen molar-refractivity contribution in [3.8, 4) is 0 Å². The van der Waals surface area contributed by atoms with Crippen LogP contribution >= 0.6 is 11.3 Å². The molecule has 21 heavy (non-hydrogen) atoms. The van der Waals surface area contributed by atoms with Gasteiger partial charge in [-0.1, -0.05) is 6.42 Å². The minimum atomic E-state index is -1.04. The Morgan fingerprint density at radius 3 is 2.76 bits per heavy atom. The molecule has 2 aliphatic rings. The van der Waals surface area contributed by atoms with Crippen LogP contribution in [0.5, 0.6) is 0 Å². The number of carbonyl (C=O) groups is 2. The van der Waals surface area contributed by atoms with Crippen LogP contribution in [-0.2, 0) is 17.6 Å². The zero-order valence-electron chi connectivity index (χ0n) is 11.7. The third kappa shape index (κ3) is 2.82. The smallest absolute Gasteiger partial charge is 0.326 e. The molecule has 1 aliphatic heterocycles. The molecule has 2 heterocycles. The summed E-state index contributed by atoms with van der Waals surface area (Å²) in [6, 6.07) is 1.02. The van der Waals surface area contributed by atoms with Crippen molar-refractivity contribution in [3.63, 3.8) is 0 Å². The van der Waals surface area contributed by atoms with E-state index >= 15 is 0 Å². The van der Waals surface area contributed by atoms with Crippen molar-refractivity contribution in [2.75, 3.05) is 6.54 Å². The molecule has 0 spiro atoms. The van der Waals surface area contributed by atoms with E-state index in [-0.39, 0.29) is 18.9 Å². The van der Waals surface area contributed by atoms with Crippen molar-refractivity contribution in [2.45, 2.75) is 50.7 Å². The van der Waals surface area contributed by atoms with E-state index in [4.69, 9.17) is 0 Å². The van der Waals surface area contributed by atoms with Gasteiger partial charge in [0, 0.05) is 17.8 Å². The van der Waals surface area contributed by atoms with Crippen LogP contribution in [0.1, 0.15) is 45.8 Å². The number of carboxylic acids is 1. The Hall–Kier alpha value is -1.40.